The van der Waals surface area contributed by atoms with Crippen molar-refractivity contribution < 1.29 is 14.3 Å². The van der Waals surface area contributed by atoms with Crippen LogP contribution in [0.5, 0.6) is 11.6 Å². The van der Waals surface area contributed by atoms with E-state index in [4.69, 9.17) is 44.3 Å². The number of carbonyl (C=O) groups is 1. The number of methoxy groups -OCH3 is 2. The van der Waals surface area contributed by atoms with Gasteiger partial charge in [0, 0.05) is 33.5 Å². The van der Waals surface area contributed by atoms with Gasteiger partial charge in [0.05, 0.1) is 41.7 Å². The average molecular weight is 567 g/mol. The van der Waals surface area contributed by atoms with Crippen molar-refractivity contribution in [3.63, 3.8) is 0 Å². The summed E-state index contributed by atoms with van der Waals surface area (Å²) in [6, 6.07) is 15.8. The fourth-order valence-corrected chi connectivity index (χ4v) is 5.02. The number of ether oxygens (including phenoxy) is 2. The first kappa shape index (κ1) is 25.7. The van der Waals surface area contributed by atoms with E-state index in [1.54, 1.807) is 42.6 Å². The van der Waals surface area contributed by atoms with Crippen molar-refractivity contribution in [2.45, 2.75) is 0 Å². The highest BCUT2D eigenvalue weighted by atomic mass is 35.5. The molecule has 2 aromatic carbocycles. The van der Waals surface area contributed by atoms with E-state index in [1.165, 1.54) is 24.8 Å². The molecule has 3 heterocycles. The standard InChI is InChI=1S/C28H18Cl3N3O4/c1-37-23-13-32-24-10-15(8-9-34(24)28(23)36)20-11-17(29)12-21(26(20)31)18-4-3-5-19(25(18)30)22-7-6-16(14-35)27(33-22)38-2/h3-14H,1-2H3. The molecule has 0 aliphatic heterocycles. The molecule has 0 N–H and O–H groups in total. The van der Waals surface area contributed by atoms with Crippen LogP contribution in [0.15, 0.2) is 71.8 Å². The van der Waals surface area contributed by atoms with Gasteiger partial charge in [0.1, 0.15) is 5.65 Å². The van der Waals surface area contributed by atoms with Gasteiger partial charge >= 0.3 is 0 Å². The summed E-state index contributed by atoms with van der Waals surface area (Å²) in [5, 5.41) is 1.25. The van der Waals surface area contributed by atoms with E-state index >= 15 is 0 Å². The first-order valence-electron chi connectivity index (χ1n) is 11.2. The van der Waals surface area contributed by atoms with E-state index < -0.39 is 0 Å². The minimum Gasteiger partial charge on any atom is -0.490 e. The largest absolute Gasteiger partial charge is 0.490 e. The van der Waals surface area contributed by atoms with Gasteiger partial charge in [-0.1, -0.05) is 53.0 Å². The first-order chi connectivity index (χ1) is 18.4. The molecule has 0 amide bonds. The Balaban J connectivity index is 1.65. The normalized spacial score (nSPS) is 11.0. The molecule has 5 rings (SSSR count). The van der Waals surface area contributed by atoms with Gasteiger partial charge in [-0.15, -0.1) is 0 Å². The zero-order chi connectivity index (χ0) is 27.0. The third-order valence-corrected chi connectivity index (χ3v) is 7.05. The lowest BCUT2D eigenvalue weighted by Crippen LogP contribution is -2.16. The Bertz CT molecular complexity index is 1790. The highest BCUT2D eigenvalue weighted by molar-refractivity contribution is 6.40. The molecule has 7 nitrogen and oxygen atoms in total. The number of carbonyl (C=O) groups excluding carboxylic acids is 1. The molecule has 190 valence electrons. The van der Waals surface area contributed by atoms with E-state index in [0.29, 0.717) is 66.1 Å². The highest BCUT2D eigenvalue weighted by Gasteiger charge is 2.18. The van der Waals surface area contributed by atoms with Crippen molar-refractivity contribution in [1.29, 1.82) is 0 Å². The lowest BCUT2D eigenvalue weighted by atomic mass is 9.97. The van der Waals surface area contributed by atoms with Crippen LogP contribution in [0, 0.1) is 0 Å². The van der Waals surface area contributed by atoms with Gasteiger partial charge in [-0.05, 0) is 42.0 Å². The number of halogens is 3. The molecule has 5 aromatic rings. The SMILES string of the molecule is COc1nc(-c2cccc(-c3cc(Cl)cc(-c4ccn5c(=O)c(OC)cnc5c4)c3Cl)c2Cl)ccc1C=O. The Hall–Kier alpha value is -3.91. The molecule has 0 atom stereocenters. The summed E-state index contributed by atoms with van der Waals surface area (Å²) in [6.45, 7) is 0. The second-order valence-electron chi connectivity index (χ2n) is 8.17. The molecular weight excluding hydrogens is 549 g/mol. The Morgan fingerprint density at radius 3 is 2.34 bits per heavy atom. The van der Waals surface area contributed by atoms with Gasteiger partial charge < -0.3 is 9.47 Å². The number of rotatable bonds is 6. The first-order valence-corrected chi connectivity index (χ1v) is 12.3. The van der Waals surface area contributed by atoms with Crippen molar-refractivity contribution in [2.75, 3.05) is 14.2 Å². The number of aldehydes is 1. The molecule has 0 radical (unpaired) electrons. The molecule has 38 heavy (non-hydrogen) atoms. The maximum Gasteiger partial charge on any atom is 0.300 e. The van der Waals surface area contributed by atoms with Crippen molar-refractivity contribution in [1.82, 2.24) is 14.4 Å². The highest BCUT2D eigenvalue weighted by Crippen LogP contribution is 2.44. The molecule has 0 bridgehead atoms. The van der Waals surface area contributed by atoms with Crippen molar-refractivity contribution >= 4 is 46.7 Å². The topological polar surface area (TPSA) is 82.8 Å². The van der Waals surface area contributed by atoms with Crippen LogP contribution in [0.25, 0.3) is 39.2 Å². The molecule has 0 unspecified atom stereocenters. The molecule has 0 saturated carbocycles. The van der Waals surface area contributed by atoms with Gasteiger partial charge in [-0.3, -0.25) is 14.0 Å². The Kier molecular flexibility index (Phi) is 7.08. The Morgan fingerprint density at radius 2 is 1.61 bits per heavy atom. The number of pyridine rings is 2. The van der Waals surface area contributed by atoms with Gasteiger partial charge in [0.25, 0.3) is 5.56 Å². The van der Waals surface area contributed by atoms with E-state index in [2.05, 4.69) is 9.97 Å². The summed E-state index contributed by atoms with van der Waals surface area (Å²) in [4.78, 5) is 32.6. The lowest BCUT2D eigenvalue weighted by molar-refractivity contribution is 0.112. The molecule has 0 saturated heterocycles. The number of fused-ring (bicyclic) bond motifs is 1. The number of benzene rings is 2. The monoisotopic (exact) mass is 565 g/mol. The fourth-order valence-electron chi connectivity index (χ4n) is 4.15. The molecule has 3 aromatic heterocycles. The third kappa shape index (κ3) is 4.49. The fraction of sp³-hybridized carbons (Fsp3) is 0.0714. The van der Waals surface area contributed by atoms with Crippen molar-refractivity contribution in [2.24, 2.45) is 0 Å². The van der Waals surface area contributed by atoms with Crippen LogP contribution in [0.3, 0.4) is 0 Å². The van der Waals surface area contributed by atoms with Crippen LogP contribution in [0.2, 0.25) is 15.1 Å². The van der Waals surface area contributed by atoms with Gasteiger partial charge in [0.15, 0.2) is 6.29 Å². The number of hydrogen-bond acceptors (Lipinski definition) is 6. The number of nitrogens with zero attached hydrogens (tertiary/aromatic N) is 3. The second kappa shape index (κ2) is 10.5. The Morgan fingerprint density at radius 1 is 0.868 bits per heavy atom. The summed E-state index contributed by atoms with van der Waals surface area (Å²) in [5.74, 6) is 0.337. The molecule has 0 aliphatic carbocycles. The zero-order valence-corrected chi connectivity index (χ0v) is 22.3. The summed E-state index contributed by atoms with van der Waals surface area (Å²) >= 11 is 20.4. The van der Waals surface area contributed by atoms with E-state index in [-0.39, 0.29) is 17.2 Å². The summed E-state index contributed by atoms with van der Waals surface area (Å²) in [7, 11) is 2.86. The maximum atomic E-state index is 12.5. The van der Waals surface area contributed by atoms with Crippen LogP contribution >= 0.6 is 34.8 Å². The van der Waals surface area contributed by atoms with Crippen LogP contribution in [0.1, 0.15) is 10.4 Å². The molecular formula is C28H18Cl3N3O4. The van der Waals surface area contributed by atoms with E-state index in [0.717, 1.165) is 0 Å². The summed E-state index contributed by atoms with van der Waals surface area (Å²) < 4.78 is 11.7. The van der Waals surface area contributed by atoms with Gasteiger partial charge in [-0.25, -0.2) is 9.97 Å². The summed E-state index contributed by atoms with van der Waals surface area (Å²) in [5.41, 5.74) is 4.17. The molecule has 0 aliphatic rings. The second-order valence-corrected chi connectivity index (χ2v) is 9.36. The zero-order valence-electron chi connectivity index (χ0n) is 20.0. The minimum absolute atomic E-state index is 0.140. The number of aromatic nitrogens is 3. The molecule has 0 fully saturated rings. The quantitative estimate of drug-likeness (QED) is 0.208. The van der Waals surface area contributed by atoms with Crippen molar-refractivity contribution in [3.05, 3.63) is 98.0 Å². The lowest BCUT2D eigenvalue weighted by Gasteiger charge is -2.15. The van der Waals surface area contributed by atoms with Crippen LogP contribution in [0.4, 0.5) is 0 Å². The third-order valence-electron chi connectivity index (χ3n) is 6.02. The minimum atomic E-state index is -0.322. The number of hydrogen-bond donors (Lipinski definition) is 0. The molecule has 0 spiro atoms. The van der Waals surface area contributed by atoms with Crippen LogP contribution in [-0.4, -0.2) is 34.9 Å². The maximum absolute atomic E-state index is 12.5. The van der Waals surface area contributed by atoms with Gasteiger partial charge in [0.2, 0.25) is 11.6 Å². The van der Waals surface area contributed by atoms with E-state index in [1.807, 2.05) is 18.2 Å². The van der Waals surface area contributed by atoms with Gasteiger partial charge in [-0.2, -0.15) is 0 Å². The van der Waals surface area contributed by atoms with Crippen molar-refractivity contribution in [3.8, 4) is 45.1 Å². The van der Waals surface area contributed by atoms with E-state index in [9.17, 15) is 9.59 Å². The molecule has 10 heteroatoms. The Labute approximate surface area is 232 Å². The average Bonchev–Trinajstić information content (AvgIpc) is 2.94. The van der Waals surface area contributed by atoms with Crippen LogP contribution < -0.4 is 15.0 Å². The predicted molar refractivity (Wildman–Crippen MR) is 149 cm³/mol. The predicted octanol–water partition coefficient (Wildman–Crippen LogP) is 6.88. The van der Waals surface area contributed by atoms with Crippen LogP contribution in [-0.2, 0) is 0 Å². The summed E-state index contributed by atoms with van der Waals surface area (Å²) in [6.07, 6.45) is 3.66. The smallest absolute Gasteiger partial charge is 0.300 e.